The van der Waals surface area contributed by atoms with Gasteiger partial charge in [0.1, 0.15) is 18.1 Å². The van der Waals surface area contributed by atoms with Gasteiger partial charge in [0.25, 0.3) is 5.91 Å². The number of nitrogens with zero attached hydrogens (tertiary/aromatic N) is 1. The number of morpholine rings is 1. The molecule has 0 unspecified atom stereocenters. The second kappa shape index (κ2) is 8.72. The number of amides is 1. The van der Waals surface area contributed by atoms with E-state index in [9.17, 15) is 4.79 Å². The molecule has 1 amide bonds. The Morgan fingerprint density at radius 2 is 1.81 bits per heavy atom. The van der Waals surface area contributed by atoms with Gasteiger partial charge >= 0.3 is 0 Å². The number of hydrogen-bond acceptors (Lipinski definition) is 4. The Bertz CT molecular complexity index is 736. The van der Waals surface area contributed by atoms with Gasteiger partial charge in [0.15, 0.2) is 0 Å². The number of ether oxygens (including phenoxy) is 3. The quantitative estimate of drug-likeness (QED) is 0.796. The summed E-state index contributed by atoms with van der Waals surface area (Å²) >= 11 is 0. The maximum Gasteiger partial charge on any atom is 0.254 e. The molecule has 1 fully saturated rings. The van der Waals surface area contributed by atoms with E-state index in [1.165, 1.54) is 5.56 Å². The third kappa shape index (κ3) is 4.55. The highest BCUT2D eigenvalue weighted by Crippen LogP contribution is 2.24. The van der Waals surface area contributed by atoms with Gasteiger partial charge in [-0.15, -0.1) is 0 Å². The zero-order chi connectivity index (χ0) is 18.4. The molecule has 0 bridgehead atoms. The monoisotopic (exact) mass is 355 g/mol. The molecule has 0 aromatic heterocycles. The van der Waals surface area contributed by atoms with Crippen LogP contribution in [-0.2, 0) is 11.3 Å². The normalized spacial score (nSPS) is 14.2. The van der Waals surface area contributed by atoms with E-state index >= 15 is 0 Å². The molecular formula is C21H25NO4. The zero-order valence-corrected chi connectivity index (χ0v) is 15.4. The minimum atomic E-state index is 0.0212. The molecule has 1 aliphatic heterocycles. The van der Waals surface area contributed by atoms with Crippen LogP contribution in [0.4, 0.5) is 0 Å². The highest BCUT2D eigenvalue weighted by Gasteiger charge is 2.19. The van der Waals surface area contributed by atoms with E-state index in [4.69, 9.17) is 14.2 Å². The van der Waals surface area contributed by atoms with Gasteiger partial charge in [0.2, 0.25) is 0 Å². The van der Waals surface area contributed by atoms with Gasteiger partial charge in [0.05, 0.1) is 19.8 Å². The lowest BCUT2D eigenvalue weighted by atomic mass is 10.1. The molecule has 0 saturated carbocycles. The Hall–Kier alpha value is -2.53. The first-order chi connectivity index (χ1) is 12.7. The van der Waals surface area contributed by atoms with Gasteiger partial charge < -0.3 is 19.1 Å². The van der Waals surface area contributed by atoms with Crippen LogP contribution in [0, 0.1) is 6.92 Å². The molecule has 138 valence electrons. The van der Waals surface area contributed by atoms with Gasteiger partial charge in [-0.2, -0.15) is 0 Å². The lowest BCUT2D eigenvalue weighted by molar-refractivity contribution is 0.0302. The van der Waals surface area contributed by atoms with Crippen LogP contribution in [0.15, 0.2) is 42.5 Å². The first-order valence-electron chi connectivity index (χ1n) is 8.99. The lowest BCUT2D eigenvalue weighted by Gasteiger charge is -2.27. The Balaban J connectivity index is 1.76. The predicted octanol–water partition coefficient (Wildman–Crippen LogP) is 3.45. The summed E-state index contributed by atoms with van der Waals surface area (Å²) in [5.41, 5.74) is 2.70. The van der Waals surface area contributed by atoms with Crippen LogP contribution in [-0.4, -0.2) is 43.7 Å². The number of rotatable bonds is 6. The number of aryl methyl sites for hydroxylation is 1. The molecule has 1 saturated heterocycles. The second-order valence-corrected chi connectivity index (χ2v) is 6.26. The van der Waals surface area contributed by atoms with Crippen molar-refractivity contribution in [3.63, 3.8) is 0 Å². The van der Waals surface area contributed by atoms with Crippen LogP contribution in [0.5, 0.6) is 11.5 Å². The summed E-state index contributed by atoms with van der Waals surface area (Å²) < 4.78 is 16.9. The summed E-state index contributed by atoms with van der Waals surface area (Å²) in [6.07, 6.45) is 0. The van der Waals surface area contributed by atoms with Gasteiger partial charge in [-0.05, 0) is 44.2 Å². The third-order valence-electron chi connectivity index (χ3n) is 4.32. The van der Waals surface area contributed by atoms with Crippen LogP contribution in [0.2, 0.25) is 0 Å². The van der Waals surface area contributed by atoms with Crippen molar-refractivity contribution in [1.82, 2.24) is 4.90 Å². The summed E-state index contributed by atoms with van der Waals surface area (Å²) in [7, 11) is 0. The van der Waals surface area contributed by atoms with E-state index in [1.807, 2.05) is 61.2 Å². The van der Waals surface area contributed by atoms with Crippen molar-refractivity contribution in [2.45, 2.75) is 20.5 Å². The highest BCUT2D eigenvalue weighted by molar-refractivity contribution is 5.94. The van der Waals surface area contributed by atoms with E-state index in [2.05, 4.69) is 0 Å². The van der Waals surface area contributed by atoms with E-state index in [0.717, 1.165) is 17.1 Å². The van der Waals surface area contributed by atoms with Crippen LogP contribution < -0.4 is 9.47 Å². The number of benzene rings is 2. The average Bonchev–Trinajstić information content (AvgIpc) is 2.69. The second-order valence-electron chi connectivity index (χ2n) is 6.26. The van der Waals surface area contributed by atoms with Crippen molar-refractivity contribution >= 4 is 5.91 Å². The van der Waals surface area contributed by atoms with E-state index in [0.29, 0.717) is 45.1 Å². The van der Waals surface area contributed by atoms with Crippen molar-refractivity contribution in [1.29, 1.82) is 0 Å². The zero-order valence-electron chi connectivity index (χ0n) is 15.4. The van der Waals surface area contributed by atoms with Gasteiger partial charge in [0, 0.05) is 24.2 Å². The fourth-order valence-electron chi connectivity index (χ4n) is 2.87. The van der Waals surface area contributed by atoms with Crippen molar-refractivity contribution in [2.24, 2.45) is 0 Å². The summed E-state index contributed by atoms with van der Waals surface area (Å²) in [6.45, 7) is 7.33. The summed E-state index contributed by atoms with van der Waals surface area (Å²) in [4.78, 5) is 14.5. The molecule has 0 atom stereocenters. The van der Waals surface area contributed by atoms with Crippen molar-refractivity contribution in [2.75, 3.05) is 32.9 Å². The average molecular weight is 355 g/mol. The smallest absolute Gasteiger partial charge is 0.254 e. The molecular weight excluding hydrogens is 330 g/mol. The molecule has 0 radical (unpaired) electrons. The summed E-state index contributed by atoms with van der Waals surface area (Å²) in [5, 5.41) is 0. The van der Waals surface area contributed by atoms with Crippen LogP contribution in [0.3, 0.4) is 0 Å². The maximum absolute atomic E-state index is 12.7. The first kappa shape index (κ1) is 18.3. The molecule has 26 heavy (non-hydrogen) atoms. The molecule has 1 aliphatic rings. The fourth-order valence-corrected chi connectivity index (χ4v) is 2.87. The standard InChI is InChI=1S/C21H25NO4/c1-3-25-20-9-6-17(21(23)22-10-12-24-13-11-22)14-18(20)15-26-19-7-4-16(2)5-8-19/h4-9,14H,3,10-13,15H2,1-2H3. The molecule has 5 heteroatoms. The number of carbonyl (C=O) groups excluding carboxylic acids is 1. The topological polar surface area (TPSA) is 48.0 Å². The Morgan fingerprint density at radius 3 is 2.50 bits per heavy atom. The van der Waals surface area contributed by atoms with Gasteiger partial charge in [-0.1, -0.05) is 17.7 Å². The lowest BCUT2D eigenvalue weighted by Crippen LogP contribution is -2.40. The van der Waals surface area contributed by atoms with E-state index < -0.39 is 0 Å². The summed E-state index contributed by atoms with van der Waals surface area (Å²) in [5.74, 6) is 1.56. The third-order valence-corrected chi connectivity index (χ3v) is 4.32. The minimum Gasteiger partial charge on any atom is -0.493 e. The summed E-state index contributed by atoms with van der Waals surface area (Å²) in [6, 6.07) is 13.4. The number of carbonyl (C=O) groups is 1. The van der Waals surface area contributed by atoms with Crippen LogP contribution >= 0.6 is 0 Å². The molecule has 3 rings (SSSR count). The first-order valence-corrected chi connectivity index (χ1v) is 8.99. The van der Waals surface area contributed by atoms with E-state index in [-0.39, 0.29) is 5.91 Å². The molecule has 5 nitrogen and oxygen atoms in total. The largest absolute Gasteiger partial charge is 0.493 e. The maximum atomic E-state index is 12.7. The molecule has 0 spiro atoms. The van der Waals surface area contributed by atoms with Crippen molar-refractivity contribution in [3.05, 3.63) is 59.2 Å². The Morgan fingerprint density at radius 1 is 1.08 bits per heavy atom. The molecule has 1 heterocycles. The number of hydrogen-bond donors (Lipinski definition) is 0. The molecule has 0 aliphatic carbocycles. The predicted molar refractivity (Wildman–Crippen MR) is 99.8 cm³/mol. The molecule has 2 aromatic carbocycles. The van der Waals surface area contributed by atoms with Gasteiger partial charge in [-0.25, -0.2) is 0 Å². The van der Waals surface area contributed by atoms with Crippen molar-refractivity contribution in [3.8, 4) is 11.5 Å². The highest BCUT2D eigenvalue weighted by atomic mass is 16.5. The van der Waals surface area contributed by atoms with Gasteiger partial charge in [-0.3, -0.25) is 4.79 Å². The minimum absolute atomic E-state index is 0.0212. The molecule has 0 N–H and O–H groups in total. The van der Waals surface area contributed by atoms with E-state index in [1.54, 1.807) is 0 Å². The Labute approximate surface area is 154 Å². The molecule has 2 aromatic rings. The van der Waals surface area contributed by atoms with Crippen LogP contribution in [0.1, 0.15) is 28.4 Å². The van der Waals surface area contributed by atoms with Crippen LogP contribution in [0.25, 0.3) is 0 Å². The SMILES string of the molecule is CCOc1ccc(C(=O)N2CCOCC2)cc1COc1ccc(C)cc1. The Kier molecular flexibility index (Phi) is 6.12. The van der Waals surface area contributed by atoms with Crippen molar-refractivity contribution < 1.29 is 19.0 Å². The fraction of sp³-hybridized carbons (Fsp3) is 0.381.